The van der Waals surface area contributed by atoms with E-state index in [4.69, 9.17) is 4.74 Å². The summed E-state index contributed by atoms with van der Waals surface area (Å²) in [5.74, 6) is 1.79. The molecule has 2 rings (SSSR count). The lowest BCUT2D eigenvalue weighted by molar-refractivity contribution is 0.128. The Labute approximate surface area is 84.9 Å². The normalized spacial score (nSPS) is 20.9. The van der Waals surface area contributed by atoms with E-state index in [2.05, 4.69) is 16.9 Å². The summed E-state index contributed by atoms with van der Waals surface area (Å²) in [5, 5.41) is 0. The van der Waals surface area contributed by atoms with Crippen molar-refractivity contribution < 1.29 is 4.74 Å². The second-order valence-corrected chi connectivity index (χ2v) is 4.09. The zero-order chi connectivity index (χ0) is 9.97. The lowest BCUT2D eigenvalue weighted by atomic mass is 9.92. The Morgan fingerprint density at radius 2 is 2.43 bits per heavy atom. The third-order valence-electron chi connectivity index (χ3n) is 2.78. The number of H-pyrrole nitrogens is 1. The third-order valence-corrected chi connectivity index (χ3v) is 2.78. The summed E-state index contributed by atoms with van der Waals surface area (Å²) >= 11 is 0. The van der Waals surface area contributed by atoms with Crippen LogP contribution in [0, 0.1) is 5.92 Å². The average Bonchev–Trinajstić information content (AvgIpc) is 2.56. The van der Waals surface area contributed by atoms with Crippen LogP contribution in [0.5, 0.6) is 0 Å². The molecule has 1 aromatic rings. The minimum atomic E-state index is 0.623. The molecular formula is C11H18N2O. The highest BCUT2D eigenvalue weighted by molar-refractivity contribution is 5.18. The van der Waals surface area contributed by atoms with E-state index in [1.54, 1.807) is 0 Å². The van der Waals surface area contributed by atoms with Crippen molar-refractivity contribution in [2.75, 3.05) is 6.61 Å². The van der Waals surface area contributed by atoms with Gasteiger partial charge in [-0.3, -0.25) is 0 Å². The average molecular weight is 194 g/mol. The molecule has 0 saturated heterocycles. The number of hydrogen-bond donors (Lipinski definition) is 1. The van der Waals surface area contributed by atoms with Crippen molar-refractivity contribution in [3.63, 3.8) is 0 Å². The first-order chi connectivity index (χ1) is 6.79. The number of nitrogens with one attached hydrogen (secondary N) is 1. The van der Waals surface area contributed by atoms with Crippen molar-refractivity contribution >= 4 is 0 Å². The molecule has 0 spiro atoms. The van der Waals surface area contributed by atoms with E-state index in [0.717, 1.165) is 31.2 Å². The van der Waals surface area contributed by atoms with Gasteiger partial charge in [-0.2, -0.15) is 0 Å². The molecule has 3 nitrogen and oxygen atoms in total. The van der Waals surface area contributed by atoms with Gasteiger partial charge in [0.15, 0.2) is 0 Å². The van der Waals surface area contributed by atoms with Crippen LogP contribution < -0.4 is 0 Å². The molecule has 1 unspecified atom stereocenters. The molecule has 0 aliphatic heterocycles. The number of aromatic nitrogens is 2. The van der Waals surface area contributed by atoms with Gasteiger partial charge in [-0.15, -0.1) is 0 Å². The lowest BCUT2D eigenvalue weighted by Crippen LogP contribution is -2.10. The summed E-state index contributed by atoms with van der Waals surface area (Å²) in [6.45, 7) is 5.68. The van der Waals surface area contributed by atoms with Crippen molar-refractivity contribution in [3.05, 3.63) is 17.2 Å². The van der Waals surface area contributed by atoms with Crippen LogP contribution in [0.1, 0.15) is 37.5 Å². The largest absolute Gasteiger partial charge is 0.374 e. The predicted octanol–water partition coefficient (Wildman–Crippen LogP) is 2.07. The van der Waals surface area contributed by atoms with Crippen LogP contribution in [0.4, 0.5) is 0 Å². The Morgan fingerprint density at radius 3 is 3.21 bits per heavy atom. The van der Waals surface area contributed by atoms with Gasteiger partial charge < -0.3 is 9.72 Å². The van der Waals surface area contributed by atoms with Crippen LogP contribution in [-0.2, 0) is 24.2 Å². The highest BCUT2D eigenvalue weighted by atomic mass is 16.5. The second-order valence-electron chi connectivity index (χ2n) is 4.09. The van der Waals surface area contributed by atoms with Crippen molar-refractivity contribution in [2.45, 2.75) is 39.7 Å². The first-order valence-electron chi connectivity index (χ1n) is 5.44. The molecule has 0 radical (unpaired) electrons. The van der Waals surface area contributed by atoms with E-state index >= 15 is 0 Å². The molecule has 0 saturated carbocycles. The number of ether oxygens (including phenoxy) is 1. The molecule has 1 atom stereocenters. The molecule has 0 aromatic carbocycles. The Kier molecular flexibility index (Phi) is 2.87. The summed E-state index contributed by atoms with van der Waals surface area (Å²) in [5.41, 5.74) is 2.59. The number of rotatable bonds is 3. The van der Waals surface area contributed by atoms with Gasteiger partial charge in [0.25, 0.3) is 0 Å². The Morgan fingerprint density at radius 1 is 1.57 bits per heavy atom. The van der Waals surface area contributed by atoms with Crippen LogP contribution >= 0.6 is 0 Å². The van der Waals surface area contributed by atoms with Gasteiger partial charge >= 0.3 is 0 Å². The maximum absolute atomic E-state index is 5.33. The molecule has 3 heteroatoms. The topological polar surface area (TPSA) is 37.9 Å². The number of hydrogen-bond acceptors (Lipinski definition) is 2. The third kappa shape index (κ3) is 1.98. The fraction of sp³-hybridized carbons (Fsp3) is 0.727. The monoisotopic (exact) mass is 194 g/mol. The standard InChI is InChI=1S/C11H18N2O/c1-3-14-7-11-12-9-5-4-8(2)6-10(9)13-11/h8H,3-7H2,1-2H3,(H,12,13). The van der Waals surface area contributed by atoms with Crippen molar-refractivity contribution in [1.82, 2.24) is 9.97 Å². The van der Waals surface area contributed by atoms with Gasteiger partial charge in [-0.25, -0.2) is 4.98 Å². The molecule has 78 valence electrons. The number of imidazole rings is 1. The predicted molar refractivity (Wildman–Crippen MR) is 55.1 cm³/mol. The van der Waals surface area contributed by atoms with Gasteiger partial charge in [0.05, 0.1) is 5.69 Å². The maximum atomic E-state index is 5.33. The molecule has 1 aliphatic carbocycles. The molecule has 1 aliphatic rings. The fourth-order valence-electron chi connectivity index (χ4n) is 1.98. The summed E-state index contributed by atoms with van der Waals surface area (Å²) < 4.78 is 5.33. The van der Waals surface area contributed by atoms with Crippen molar-refractivity contribution in [3.8, 4) is 0 Å². The number of aryl methyl sites for hydroxylation is 1. The molecule has 0 amide bonds. The maximum Gasteiger partial charge on any atom is 0.132 e. The van der Waals surface area contributed by atoms with E-state index in [9.17, 15) is 0 Å². The van der Waals surface area contributed by atoms with Crippen LogP contribution in [0.2, 0.25) is 0 Å². The zero-order valence-corrected chi connectivity index (χ0v) is 8.97. The minimum absolute atomic E-state index is 0.623. The summed E-state index contributed by atoms with van der Waals surface area (Å²) in [4.78, 5) is 7.90. The van der Waals surface area contributed by atoms with E-state index in [0.29, 0.717) is 6.61 Å². The SMILES string of the molecule is CCOCc1nc2c([nH]1)CC(C)CC2. The summed E-state index contributed by atoms with van der Waals surface area (Å²) in [6, 6.07) is 0. The molecule has 0 fully saturated rings. The smallest absolute Gasteiger partial charge is 0.132 e. The van der Waals surface area contributed by atoms with Crippen LogP contribution in [0.25, 0.3) is 0 Å². The van der Waals surface area contributed by atoms with Crippen LogP contribution in [-0.4, -0.2) is 16.6 Å². The van der Waals surface area contributed by atoms with E-state index in [1.807, 2.05) is 6.92 Å². The van der Waals surface area contributed by atoms with Gasteiger partial charge in [0.2, 0.25) is 0 Å². The first-order valence-corrected chi connectivity index (χ1v) is 5.44. The Balaban J connectivity index is 2.07. The van der Waals surface area contributed by atoms with Gasteiger partial charge in [0.1, 0.15) is 12.4 Å². The molecular weight excluding hydrogens is 176 g/mol. The summed E-state index contributed by atoms with van der Waals surface area (Å²) in [7, 11) is 0. The van der Waals surface area contributed by atoms with E-state index in [-0.39, 0.29) is 0 Å². The zero-order valence-electron chi connectivity index (χ0n) is 8.97. The lowest BCUT2D eigenvalue weighted by Gasteiger charge is -2.15. The molecule has 1 aromatic heterocycles. The quantitative estimate of drug-likeness (QED) is 0.800. The van der Waals surface area contributed by atoms with E-state index in [1.165, 1.54) is 17.8 Å². The minimum Gasteiger partial charge on any atom is -0.374 e. The highest BCUT2D eigenvalue weighted by Crippen LogP contribution is 2.23. The number of nitrogens with zero attached hydrogens (tertiary/aromatic N) is 1. The Bertz CT molecular complexity index is 306. The molecule has 14 heavy (non-hydrogen) atoms. The Hall–Kier alpha value is -0.830. The van der Waals surface area contributed by atoms with Gasteiger partial charge in [-0.05, 0) is 32.1 Å². The van der Waals surface area contributed by atoms with E-state index < -0.39 is 0 Å². The highest BCUT2D eigenvalue weighted by Gasteiger charge is 2.18. The van der Waals surface area contributed by atoms with Crippen molar-refractivity contribution in [2.24, 2.45) is 5.92 Å². The van der Waals surface area contributed by atoms with Crippen molar-refractivity contribution in [1.29, 1.82) is 0 Å². The van der Waals surface area contributed by atoms with Crippen LogP contribution in [0.3, 0.4) is 0 Å². The van der Waals surface area contributed by atoms with Gasteiger partial charge in [0, 0.05) is 12.3 Å². The van der Waals surface area contributed by atoms with Gasteiger partial charge in [-0.1, -0.05) is 6.92 Å². The fourth-order valence-corrected chi connectivity index (χ4v) is 1.98. The first kappa shape index (κ1) is 9.71. The number of aromatic amines is 1. The number of fused-ring (bicyclic) bond motifs is 1. The molecule has 0 bridgehead atoms. The van der Waals surface area contributed by atoms with Crippen LogP contribution in [0.15, 0.2) is 0 Å². The molecule has 1 N–H and O–H groups in total. The summed E-state index contributed by atoms with van der Waals surface area (Å²) in [6.07, 6.45) is 3.54. The second kappa shape index (κ2) is 4.13. The molecule has 1 heterocycles.